The Hall–Kier alpha value is -4.80. The summed E-state index contributed by atoms with van der Waals surface area (Å²) in [7, 11) is 0. The molecule has 1 atom stereocenters. The van der Waals surface area contributed by atoms with Crippen molar-refractivity contribution >= 4 is 34.8 Å². The molecule has 192 valence electrons. The first-order chi connectivity index (χ1) is 18.3. The Morgan fingerprint density at radius 2 is 2.03 bits per heavy atom. The molecule has 1 aliphatic heterocycles. The number of aromatic nitrogens is 5. The third-order valence-electron chi connectivity index (χ3n) is 6.29. The molecule has 5 rings (SSSR count). The summed E-state index contributed by atoms with van der Waals surface area (Å²) in [6.07, 6.45) is 3.81. The third-order valence-corrected chi connectivity index (χ3v) is 6.29. The number of carbonyl (C=O) groups excluding carboxylic acids is 2. The zero-order chi connectivity index (χ0) is 27.0. The Balaban J connectivity index is 1.71. The van der Waals surface area contributed by atoms with Gasteiger partial charge in [-0.05, 0) is 31.6 Å². The molecular weight excluding hydrogens is 494 g/mol. The van der Waals surface area contributed by atoms with Gasteiger partial charge in [-0.1, -0.05) is 30.9 Å². The van der Waals surface area contributed by atoms with Crippen LogP contribution in [0.2, 0.25) is 0 Å². The first-order valence-corrected chi connectivity index (χ1v) is 11.7. The number of fused-ring (bicyclic) bond motifs is 2. The smallest absolute Gasteiger partial charge is 0.326 e. The van der Waals surface area contributed by atoms with E-state index < -0.39 is 28.9 Å². The Morgan fingerprint density at radius 3 is 2.74 bits per heavy atom. The number of nitrogens with one attached hydrogen (secondary N) is 1. The molecule has 0 bridgehead atoms. The number of pyridine rings is 1. The van der Waals surface area contributed by atoms with Crippen LogP contribution in [0.25, 0.3) is 28.6 Å². The Bertz CT molecular complexity index is 1630. The number of hydrogen-bond acceptors (Lipinski definition) is 7. The number of esters is 1. The van der Waals surface area contributed by atoms with Crippen molar-refractivity contribution in [3.63, 3.8) is 0 Å². The second-order valence-corrected chi connectivity index (χ2v) is 8.56. The molecule has 1 unspecified atom stereocenters. The zero-order valence-electron chi connectivity index (χ0n) is 20.4. The topological polar surface area (TPSA) is 112 Å². The highest BCUT2D eigenvalue weighted by Gasteiger charge is 2.56. The molecule has 1 aliphatic rings. The van der Waals surface area contributed by atoms with Gasteiger partial charge in [-0.25, -0.2) is 28.4 Å². The van der Waals surface area contributed by atoms with Crippen LogP contribution in [0, 0.1) is 11.6 Å². The van der Waals surface area contributed by atoms with E-state index in [1.54, 1.807) is 25.1 Å². The SMILES string of the molecule is C=CCC1(C(=O)OCC)C(=O)Nc2nc(-c3nn(Cc4ccccc4F)c4ncc(F)cc34)nc(C=C)c21. The Kier molecular flexibility index (Phi) is 6.27. The summed E-state index contributed by atoms with van der Waals surface area (Å²) in [6.45, 7) is 9.20. The van der Waals surface area contributed by atoms with Crippen molar-refractivity contribution in [2.45, 2.75) is 25.3 Å². The number of ether oxygens (including phenoxy) is 1. The van der Waals surface area contributed by atoms with Gasteiger partial charge in [0.2, 0.25) is 5.91 Å². The summed E-state index contributed by atoms with van der Waals surface area (Å²) >= 11 is 0. The summed E-state index contributed by atoms with van der Waals surface area (Å²) in [5.74, 6) is -2.34. The highest BCUT2D eigenvalue weighted by Crippen LogP contribution is 2.44. The van der Waals surface area contributed by atoms with Gasteiger partial charge in [-0.3, -0.25) is 9.59 Å². The highest BCUT2D eigenvalue weighted by atomic mass is 19.1. The number of anilines is 1. The molecule has 1 N–H and O–H groups in total. The Morgan fingerprint density at radius 1 is 1.24 bits per heavy atom. The zero-order valence-corrected chi connectivity index (χ0v) is 20.4. The molecule has 0 spiro atoms. The van der Waals surface area contributed by atoms with Crippen molar-refractivity contribution in [3.05, 3.63) is 84.2 Å². The number of nitrogens with zero attached hydrogens (tertiary/aromatic N) is 5. The van der Waals surface area contributed by atoms with Gasteiger partial charge in [-0.15, -0.1) is 6.58 Å². The average molecular weight is 517 g/mol. The lowest BCUT2D eigenvalue weighted by Crippen LogP contribution is -2.44. The van der Waals surface area contributed by atoms with E-state index in [4.69, 9.17) is 4.74 Å². The number of carbonyl (C=O) groups is 2. The summed E-state index contributed by atoms with van der Waals surface area (Å²) in [5, 5.41) is 7.47. The maximum absolute atomic E-state index is 14.4. The predicted molar refractivity (Wildman–Crippen MR) is 136 cm³/mol. The molecular formula is C27H22F2N6O3. The lowest BCUT2D eigenvalue weighted by Gasteiger charge is -2.24. The molecule has 0 saturated carbocycles. The van der Waals surface area contributed by atoms with Crippen molar-refractivity contribution in [2.75, 3.05) is 11.9 Å². The summed E-state index contributed by atoms with van der Waals surface area (Å²) < 4.78 is 35.3. The molecule has 11 heteroatoms. The molecule has 0 aliphatic carbocycles. The number of halogens is 2. The van der Waals surface area contributed by atoms with Gasteiger partial charge in [0.15, 0.2) is 16.9 Å². The Labute approximate surface area is 215 Å². The average Bonchev–Trinajstić information content (AvgIpc) is 3.39. The van der Waals surface area contributed by atoms with Crippen LogP contribution < -0.4 is 5.32 Å². The summed E-state index contributed by atoms with van der Waals surface area (Å²) in [6, 6.07) is 7.44. The number of amides is 1. The maximum Gasteiger partial charge on any atom is 0.326 e. The molecule has 0 saturated heterocycles. The fourth-order valence-electron chi connectivity index (χ4n) is 4.61. The van der Waals surface area contributed by atoms with E-state index in [2.05, 4.69) is 38.5 Å². The van der Waals surface area contributed by atoms with Crippen LogP contribution >= 0.6 is 0 Å². The predicted octanol–water partition coefficient (Wildman–Crippen LogP) is 4.19. The van der Waals surface area contributed by atoms with Crippen LogP contribution in [0.1, 0.15) is 30.2 Å². The van der Waals surface area contributed by atoms with E-state index in [1.165, 1.54) is 29.0 Å². The van der Waals surface area contributed by atoms with Crippen LogP contribution in [-0.2, 0) is 26.3 Å². The molecule has 38 heavy (non-hydrogen) atoms. The van der Waals surface area contributed by atoms with Crippen molar-refractivity contribution in [1.29, 1.82) is 0 Å². The van der Waals surface area contributed by atoms with Gasteiger partial charge in [0, 0.05) is 11.1 Å². The monoisotopic (exact) mass is 516 g/mol. The largest absolute Gasteiger partial charge is 0.465 e. The van der Waals surface area contributed by atoms with Gasteiger partial charge in [0.25, 0.3) is 0 Å². The van der Waals surface area contributed by atoms with Crippen molar-refractivity contribution in [2.24, 2.45) is 0 Å². The minimum Gasteiger partial charge on any atom is -0.465 e. The standard InChI is InChI=1S/C27H22F2N6O3/c1-4-11-27(26(37)38-6-3)20-19(5-2)31-23(32-22(20)33-25(27)36)21-17-12-16(28)13-30-24(17)35(34-21)14-15-9-7-8-10-18(15)29/h4-5,7-10,12-13H,1-2,6,11,14H2,3H3,(H,31,32,33,36). The lowest BCUT2D eigenvalue weighted by atomic mass is 9.78. The lowest BCUT2D eigenvalue weighted by molar-refractivity contribution is -0.153. The van der Waals surface area contributed by atoms with Gasteiger partial charge in [0.05, 0.1) is 30.4 Å². The highest BCUT2D eigenvalue weighted by molar-refractivity contribution is 6.19. The molecule has 0 fully saturated rings. The van der Waals surface area contributed by atoms with Crippen molar-refractivity contribution in [3.8, 4) is 11.5 Å². The van der Waals surface area contributed by atoms with E-state index in [-0.39, 0.29) is 59.2 Å². The molecule has 4 aromatic rings. The fourth-order valence-corrected chi connectivity index (χ4v) is 4.61. The minimum absolute atomic E-state index is 0.0170. The maximum atomic E-state index is 14.4. The molecule has 1 amide bonds. The van der Waals surface area contributed by atoms with Crippen molar-refractivity contribution < 1.29 is 23.1 Å². The van der Waals surface area contributed by atoms with Crippen LogP contribution in [0.4, 0.5) is 14.6 Å². The second kappa shape index (κ2) is 9.58. The van der Waals surface area contributed by atoms with Crippen LogP contribution in [-0.4, -0.2) is 43.2 Å². The van der Waals surface area contributed by atoms with Crippen LogP contribution in [0.5, 0.6) is 0 Å². The number of allylic oxidation sites excluding steroid dienone is 1. The van der Waals surface area contributed by atoms with Gasteiger partial charge >= 0.3 is 5.97 Å². The first-order valence-electron chi connectivity index (χ1n) is 11.7. The van der Waals surface area contributed by atoms with E-state index >= 15 is 0 Å². The number of hydrogen-bond donors (Lipinski definition) is 1. The van der Waals surface area contributed by atoms with Crippen LogP contribution in [0.3, 0.4) is 0 Å². The summed E-state index contributed by atoms with van der Waals surface area (Å²) in [5.41, 5.74) is -0.549. The third kappa shape index (κ3) is 3.83. The minimum atomic E-state index is -1.74. The van der Waals surface area contributed by atoms with Gasteiger partial charge in [-0.2, -0.15) is 5.10 Å². The molecule has 9 nitrogen and oxygen atoms in total. The van der Waals surface area contributed by atoms with Crippen LogP contribution in [0.15, 0.2) is 55.8 Å². The van der Waals surface area contributed by atoms with Gasteiger partial charge < -0.3 is 10.1 Å². The molecule has 1 aromatic carbocycles. The van der Waals surface area contributed by atoms with E-state index in [1.807, 2.05) is 0 Å². The first kappa shape index (κ1) is 24.9. The number of benzene rings is 1. The second-order valence-electron chi connectivity index (χ2n) is 8.56. The molecule has 3 aromatic heterocycles. The van der Waals surface area contributed by atoms with Crippen molar-refractivity contribution in [1.82, 2.24) is 24.7 Å². The van der Waals surface area contributed by atoms with Gasteiger partial charge in [0.1, 0.15) is 23.1 Å². The molecule has 0 radical (unpaired) electrons. The fraction of sp³-hybridized carbons (Fsp3) is 0.185. The van der Waals surface area contributed by atoms with E-state index in [0.717, 1.165) is 6.20 Å². The summed E-state index contributed by atoms with van der Waals surface area (Å²) in [4.78, 5) is 39.4. The normalized spacial score (nSPS) is 16.2. The van der Waals surface area contributed by atoms with E-state index in [9.17, 15) is 18.4 Å². The van der Waals surface area contributed by atoms with E-state index in [0.29, 0.717) is 5.56 Å². The number of rotatable bonds is 8. The quantitative estimate of drug-likeness (QED) is 0.212. The molecule has 4 heterocycles.